The van der Waals surface area contributed by atoms with Crippen LogP contribution < -0.4 is 0 Å². The van der Waals surface area contributed by atoms with Crippen molar-refractivity contribution >= 4 is 17.4 Å². The average molecular weight is 277 g/mol. The number of halogens is 2. The summed E-state index contributed by atoms with van der Waals surface area (Å²) in [4.78, 5) is 12.2. The lowest BCUT2D eigenvalue weighted by Gasteiger charge is -2.07. The second-order valence-electron chi connectivity index (χ2n) is 4.71. The van der Waals surface area contributed by atoms with Gasteiger partial charge in [-0.2, -0.15) is 0 Å². The molecule has 2 aromatic rings. The van der Waals surface area contributed by atoms with E-state index in [0.29, 0.717) is 11.5 Å². The van der Waals surface area contributed by atoms with E-state index in [0.717, 1.165) is 5.56 Å². The fourth-order valence-corrected chi connectivity index (χ4v) is 2.07. The van der Waals surface area contributed by atoms with Gasteiger partial charge in [-0.25, -0.2) is 4.39 Å². The van der Waals surface area contributed by atoms with Gasteiger partial charge in [0.25, 0.3) is 0 Å². The van der Waals surface area contributed by atoms with Gasteiger partial charge in [0, 0.05) is 11.1 Å². The molecule has 0 aliphatic carbocycles. The molecular formula is C16H14ClFO. The fraction of sp³-hybridized carbons (Fsp3) is 0.188. The van der Waals surface area contributed by atoms with Crippen molar-refractivity contribution in [1.29, 1.82) is 0 Å². The lowest BCUT2D eigenvalue weighted by molar-refractivity contribution is 0.103. The Hall–Kier alpha value is -1.67. The summed E-state index contributed by atoms with van der Waals surface area (Å²) < 4.78 is 13.3. The molecule has 0 spiro atoms. The first-order valence-corrected chi connectivity index (χ1v) is 6.47. The van der Waals surface area contributed by atoms with E-state index in [1.54, 1.807) is 12.1 Å². The van der Waals surface area contributed by atoms with E-state index >= 15 is 0 Å². The molecule has 0 aliphatic rings. The normalized spacial score (nSPS) is 10.8. The van der Waals surface area contributed by atoms with Crippen molar-refractivity contribution in [3.63, 3.8) is 0 Å². The van der Waals surface area contributed by atoms with Gasteiger partial charge in [-0.15, -0.1) is 0 Å². The molecule has 0 saturated carbocycles. The number of benzene rings is 2. The molecule has 19 heavy (non-hydrogen) atoms. The lowest BCUT2D eigenvalue weighted by atomic mass is 9.98. The summed E-state index contributed by atoms with van der Waals surface area (Å²) in [5, 5.41) is -0.125. The van der Waals surface area contributed by atoms with Crippen LogP contribution >= 0.6 is 11.6 Å². The average Bonchev–Trinajstić information content (AvgIpc) is 2.41. The summed E-state index contributed by atoms with van der Waals surface area (Å²) in [6.07, 6.45) is 0. The molecule has 0 atom stereocenters. The first kappa shape index (κ1) is 13.8. The molecule has 2 rings (SSSR count). The van der Waals surface area contributed by atoms with Crippen LogP contribution in [0.3, 0.4) is 0 Å². The first-order chi connectivity index (χ1) is 9.00. The van der Waals surface area contributed by atoms with Gasteiger partial charge in [0.15, 0.2) is 5.78 Å². The molecule has 2 aromatic carbocycles. The summed E-state index contributed by atoms with van der Waals surface area (Å²) in [6, 6.07) is 11.6. The maximum absolute atomic E-state index is 13.3. The summed E-state index contributed by atoms with van der Waals surface area (Å²) in [5.74, 6) is -0.437. The molecule has 0 N–H and O–H groups in total. The number of ketones is 1. The minimum Gasteiger partial charge on any atom is -0.289 e. The Morgan fingerprint density at radius 3 is 2.32 bits per heavy atom. The van der Waals surface area contributed by atoms with Gasteiger partial charge >= 0.3 is 0 Å². The summed E-state index contributed by atoms with van der Waals surface area (Å²) >= 11 is 5.82. The Morgan fingerprint density at radius 2 is 1.74 bits per heavy atom. The van der Waals surface area contributed by atoms with Crippen LogP contribution in [0.4, 0.5) is 4.39 Å². The zero-order valence-electron chi connectivity index (χ0n) is 10.8. The molecule has 0 unspecified atom stereocenters. The predicted molar refractivity (Wildman–Crippen MR) is 75.4 cm³/mol. The third kappa shape index (κ3) is 2.85. The van der Waals surface area contributed by atoms with Crippen LogP contribution in [0.1, 0.15) is 41.3 Å². The Balaban J connectivity index is 2.36. The van der Waals surface area contributed by atoms with Crippen molar-refractivity contribution in [2.24, 2.45) is 0 Å². The van der Waals surface area contributed by atoms with E-state index in [2.05, 4.69) is 13.8 Å². The fourth-order valence-electron chi connectivity index (χ4n) is 1.85. The smallest absolute Gasteiger partial charge is 0.194 e. The molecule has 0 fully saturated rings. The van der Waals surface area contributed by atoms with Crippen LogP contribution in [-0.2, 0) is 0 Å². The van der Waals surface area contributed by atoms with Gasteiger partial charge in [0.1, 0.15) is 5.82 Å². The van der Waals surface area contributed by atoms with Crippen LogP contribution in [0.15, 0.2) is 42.5 Å². The van der Waals surface area contributed by atoms with Crippen molar-refractivity contribution in [2.75, 3.05) is 0 Å². The first-order valence-electron chi connectivity index (χ1n) is 6.09. The monoisotopic (exact) mass is 276 g/mol. The van der Waals surface area contributed by atoms with E-state index in [1.807, 2.05) is 12.1 Å². The summed E-state index contributed by atoms with van der Waals surface area (Å²) in [7, 11) is 0. The second-order valence-corrected chi connectivity index (χ2v) is 5.09. The Bertz CT molecular complexity index is 603. The van der Waals surface area contributed by atoms with Crippen molar-refractivity contribution in [3.8, 4) is 0 Å². The minimum atomic E-state index is -0.577. The summed E-state index contributed by atoms with van der Waals surface area (Å²) in [6.45, 7) is 4.17. The van der Waals surface area contributed by atoms with Crippen LogP contribution in [-0.4, -0.2) is 5.78 Å². The molecule has 0 aliphatic heterocycles. The van der Waals surface area contributed by atoms with Gasteiger partial charge in [-0.1, -0.05) is 55.8 Å². The zero-order chi connectivity index (χ0) is 14.0. The van der Waals surface area contributed by atoms with Crippen LogP contribution in [0, 0.1) is 5.82 Å². The molecular weight excluding hydrogens is 263 g/mol. The van der Waals surface area contributed by atoms with E-state index in [9.17, 15) is 9.18 Å². The maximum atomic E-state index is 13.3. The van der Waals surface area contributed by atoms with Gasteiger partial charge in [-0.3, -0.25) is 4.79 Å². The number of hydrogen-bond acceptors (Lipinski definition) is 1. The van der Waals surface area contributed by atoms with Crippen LogP contribution in [0.2, 0.25) is 5.02 Å². The number of carbonyl (C=O) groups is 1. The third-order valence-corrected chi connectivity index (χ3v) is 3.42. The molecule has 0 saturated heterocycles. The molecule has 0 bridgehead atoms. The highest BCUT2D eigenvalue weighted by Crippen LogP contribution is 2.23. The molecule has 0 amide bonds. The highest BCUT2D eigenvalue weighted by atomic mass is 35.5. The largest absolute Gasteiger partial charge is 0.289 e. The standard InChI is InChI=1S/C16H14ClFO/c1-10(2)11-6-8-12(9-7-11)16(19)13-4-3-5-14(18)15(13)17/h3-10H,1-2H3. The van der Waals surface area contributed by atoms with Crippen molar-refractivity contribution < 1.29 is 9.18 Å². The van der Waals surface area contributed by atoms with Crippen LogP contribution in [0.25, 0.3) is 0 Å². The molecule has 98 valence electrons. The molecule has 1 nitrogen and oxygen atoms in total. The molecule has 0 aromatic heterocycles. The van der Waals surface area contributed by atoms with Crippen molar-refractivity contribution in [2.45, 2.75) is 19.8 Å². The summed E-state index contributed by atoms with van der Waals surface area (Å²) in [5.41, 5.74) is 1.86. The van der Waals surface area contributed by atoms with Gasteiger partial charge < -0.3 is 0 Å². The highest BCUT2D eigenvalue weighted by molar-refractivity contribution is 6.35. The molecule has 3 heteroatoms. The predicted octanol–water partition coefficient (Wildman–Crippen LogP) is 4.83. The van der Waals surface area contributed by atoms with E-state index in [-0.39, 0.29) is 16.4 Å². The Kier molecular flexibility index (Phi) is 4.01. The minimum absolute atomic E-state index is 0.125. The van der Waals surface area contributed by atoms with Crippen molar-refractivity contribution in [3.05, 3.63) is 70.0 Å². The topological polar surface area (TPSA) is 17.1 Å². The van der Waals surface area contributed by atoms with E-state index in [4.69, 9.17) is 11.6 Å². The third-order valence-electron chi connectivity index (χ3n) is 3.04. The zero-order valence-corrected chi connectivity index (χ0v) is 11.5. The number of hydrogen-bond donors (Lipinski definition) is 0. The van der Waals surface area contributed by atoms with Crippen molar-refractivity contribution in [1.82, 2.24) is 0 Å². The van der Waals surface area contributed by atoms with Gasteiger partial charge in [0.05, 0.1) is 5.02 Å². The van der Waals surface area contributed by atoms with Crippen LogP contribution in [0.5, 0.6) is 0 Å². The number of carbonyl (C=O) groups excluding carboxylic acids is 1. The maximum Gasteiger partial charge on any atom is 0.194 e. The highest BCUT2D eigenvalue weighted by Gasteiger charge is 2.15. The lowest BCUT2D eigenvalue weighted by Crippen LogP contribution is -2.03. The Morgan fingerprint density at radius 1 is 1.11 bits per heavy atom. The second kappa shape index (κ2) is 5.54. The quantitative estimate of drug-likeness (QED) is 0.734. The molecule has 0 radical (unpaired) electrons. The molecule has 0 heterocycles. The van der Waals surface area contributed by atoms with Gasteiger partial charge in [0.2, 0.25) is 0 Å². The SMILES string of the molecule is CC(C)c1ccc(C(=O)c2cccc(F)c2Cl)cc1. The van der Waals surface area contributed by atoms with E-state index < -0.39 is 5.82 Å². The van der Waals surface area contributed by atoms with Gasteiger partial charge in [-0.05, 0) is 23.6 Å². The van der Waals surface area contributed by atoms with E-state index in [1.165, 1.54) is 18.2 Å². The Labute approximate surface area is 117 Å². The number of rotatable bonds is 3.